The number of hydrogen-bond acceptors (Lipinski definition) is 3. The summed E-state index contributed by atoms with van der Waals surface area (Å²) in [5.41, 5.74) is 1.01. The predicted octanol–water partition coefficient (Wildman–Crippen LogP) is 1.95. The highest BCUT2D eigenvalue weighted by Crippen LogP contribution is 2.17. The van der Waals surface area contributed by atoms with Crippen LogP contribution < -0.4 is 15.4 Å². The van der Waals surface area contributed by atoms with Gasteiger partial charge in [-0.2, -0.15) is 13.2 Å². The van der Waals surface area contributed by atoms with Gasteiger partial charge >= 0.3 is 6.18 Å². The van der Waals surface area contributed by atoms with E-state index in [1.165, 1.54) is 7.05 Å². The van der Waals surface area contributed by atoms with Gasteiger partial charge in [0, 0.05) is 14.1 Å². The molecule has 0 aromatic heterocycles. The molecule has 6 nitrogen and oxygen atoms in total. The first-order valence-corrected chi connectivity index (χ1v) is 8.10. The van der Waals surface area contributed by atoms with E-state index in [1.54, 1.807) is 0 Å². The Morgan fingerprint density at radius 2 is 1.96 bits per heavy atom. The molecule has 0 heterocycles. The van der Waals surface area contributed by atoms with Gasteiger partial charge in [-0.25, -0.2) is 0 Å². The summed E-state index contributed by atoms with van der Waals surface area (Å²) in [5.74, 6) is 0.391. The zero-order valence-corrected chi connectivity index (χ0v) is 15.4. The van der Waals surface area contributed by atoms with Crippen LogP contribution in [0.1, 0.15) is 12.5 Å². The third-order valence-electron chi connectivity index (χ3n) is 3.45. The first-order valence-electron chi connectivity index (χ1n) is 8.10. The molecule has 1 aromatic rings. The molecule has 0 fully saturated rings. The van der Waals surface area contributed by atoms with E-state index in [1.807, 2.05) is 38.1 Å². The Morgan fingerprint density at radius 3 is 2.54 bits per heavy atom. The lowest BCUT2D eigenvalue weighted by atomic mass is 10.2. The van der Waals surface area contributed by atoms with Crippen molar-refractivity contribution in [3.8, 4) is 5.75 Å². The van der Waals surface area contributed by atoms with Crippen LogP contribution in [0, 0.1) is 6.92 Å². The van der Waals surface area contributed by atoms with Gasteiger partial charge in [-0.15, -0.1) is 0 Å². The number of guanidine groups is 1. The number of halogens is 3. The number of carbonyl (C=O) groups is 1. The molecule has 1 aromatic carbocycles. The van der Waals surface area contributed by atoms with Crippen molar-refractivity contribution in [1.29, 1.82) is 0 Å². The summed E-state index contributed by atoms with van der Waals surface area (Å²) in [4.78, 5) is 16.3. The van der Waals surface area contributed by atoms with E-state index in [0.717, 1.165) is 18.4 Å². The number of ether oxygens (including phenoxy) is 1. The molecular weight excluding hydrogens is 349 g/mol. The number of para-hydroxylation sites is 1. The quantitative estimate of drug-likeness (QED) is 0.566. The van der Waals surface area contributed by atoms with Crippen molar-refractivity contribution >= 4 is 11.9 Å². The number of carbonyl (C=O) groups excluding carboxylic acids is 1. The van der Waals surface area contributed by atoms with Crippen molar-refractivity contribution in [2.75, 3.05) is 33.7 Å². The summed E-state index contributed by atoms with van der Waals surface area (Å²) in [7, 11) is 2.61. The van der Waals surface area contributed by atoms with Gasteiger partial charge < -0.3 is 20.3 Å². The van der Waals surface area contributed by atoms with Crippen LogP contribution in [0.25, 0.3) is 0 Å². The van der Waals surface area contributed by atoms with Gasteiger partial charge in [0.2, 0.25) is 5.91 Å². The molecule has 26 heavy (non-hydrogen) atoms. The number of nitrogens with zero attached hydrogens (tertiary/aromatic N) is 2. The Balaban J connectivity index is 2.41. The standard InChI is InChI=1S/C17H25F3N4O2/c1-12-7-5-6-8-14(12)26-13(2)9-22-16(21-3)23-10-15(25)24(4)11-17(18,19)20/h5-8,13H,9-11H2,1-4H3,(H2,21,22,23). The van der Waals surface area contributed by atoms with Crippen LogP contribution in [0.2, 0.25) is 0 Å². The molecule has 0 saturated heterocycles. The fraction of sp³-hybridized carbons (Fsp3) is 0.529. The summed E-state index contributed by atoms with van der Waals surface area (Å²) in [6, 6.07) is 7.61. The molecule has 1 unspecified atom stereocenters. The second kappa shape index (κ2) is 9.88. The molecule has 0 aliphatic heterocycles. The molecule has 0 radical (unpaired) electrons. The van der Waals surface area contributed by atoms with Crippen LogP contribution in [-0.2, 0) is 4.79 Å². The number of aliphatic imine (C=N–C) groups is 1. The number of hydrogen-bond donors (Lipinski definition) is 2. The maximum Gasteiger partial charge on any atom is 0.406 e. The molecule has 146 valence electrons. The zero-order valence-electron chi connectivity index (χ0n) is 15.4. The van der Waals surface area contributed by atoms with E-state index in [4.69, 9.17) is 4.74 Å². The number of alkyl halides is 3. The average molecular weight is 374 g/mol. The fourth-order valence-electron chi connectivity index (χ4n) is 2.06. The molecule has 1 rings (SSSR count). The Hall–Kier alpha value is -2.45. The topological polar surface area (TPSA) is 66.0 Å². The Bertz CT molecular complexity index is 620. The highest BCUT2D eigenvalue weighted by molar-refractivity contribution is 5.86. The molecule has 0 aliphatic rings. The molecule has 0 spiro atoms. The molecule has 1 amide bonds. The lowest BCUT2D eigenvalue weighted by Crippen LogP contribution is -2.47. The van der Waals surface area contributed by atoms with Gasteiger partial charge in [-0.05, 0) is 25.5 Å². The number of rotatable bonds is 7. The van der Waals surface area contributed by atoms with Gasteiger partial charge in [-0.1, -0.05) is 18.2 Å². The second-order valence-corrected chi connectivity index (χ2v) is 5.87. The van der Waals surface area contributed by atoms with Crippen molar-refractivity contribution in [2.24, 2.45) is 4.99 Å². The van der Waals surface area contributed by atoms with Crippen LogP contribution in [0.5, 0.6) is 5.75 Å². The smallest absolute Gasteiger partial charge is 0.406 e. The zero-order chi connectivity index (χ0) is 19.7. The number of aryl methyl sites for hydroxylation is 1. The van der Waals surface area contributed by atoms with Gasteiger partial charge in [0.1, 0.15) is 18.4 Å². The van der Waals surface area contributed by atoms with Crippen molar-refractivity contribution in [3.63, 3.8) is 0 Å². The van der Waals surface area contributed by atoms with E-state index >= 15 is 0 Å². The number of likely N-dealkylation sites (N-methyl/N-ethyl adjacent to an activating group) is 1. The minimum atomic E-state index is -4.42. The predicted molar refractivity (Wildman–Crippen MR) is 94.3 cm³/mol. The summed E-state index contributed by atoms with van der Waals surface area (Å²) < 4.78 is 42.7. The minimum Gasteiger partial charge on any atom is -0.489 e. The molecule has 0 saturated carbocycles. The molecule has 2 N–H and O–H groups in total. The molecular formula is C17H25F3N4O2. The monoisotopic (exact) mass is 374 g/mol. The highest BCUT2D eigenvalue weighted by atomic mass is 19.4. The van der Waals surface area contributed by atoms with Crippen molar-refractivity contribution in [2.45, 2.75) is 26.1 Å². The van der Waals surface area contributed by atoms with E-state index < -0.39 is 18.6 Å². The third kappa shape index (κ3) is 8.09. The van der Waals surface area contributed by atoms with E-state index in [-0.39, 0.29) is 12.6 Å². The molecule has 9 heteroatoms. The number of nitrogens with one attached hydrogen (secondary N) is 2. The molecule has 0 aliphatic carbocycles. The average Bonchev–Trinajstić information content (AvgIpc) is 2.55. The normalized spacial score (nSPS) is 13.1. The van der Waals surface area contributed by atoms with E-state index in [0.29, 0.717) is 17.4 Å². The van der Waals surface area contributed by atoms with Crippen LogP contribution in [0.4, 0.5) is 13.2 Å². The fourth-order valence-corrected chi connectivity index (χ4v) is 2.06. The highest BCUT2D eigenvalue weighted by Gasteiger charge is 2.31. The summed E-state index contributed by atoms with van der Waals surface area (Å²) >= 11 is 0. The molecule has 1 atom stereocenters. The maximum absolute atomic E-state index is 12.3. The van der Waals surface area contributed by atoms with Crippen LogP contribution in [0.3, 0.4) is 0 Å². The molecule has 0 bridgehead atoms. The number of amides is 1. The largest absolute Gasteiger partial charge is 0.489 e. The van der Waals surface area contributed by atoms with Crippen LogP contribution in [0.15, 0.2) is 29.3 Å². The Labute approximate surface area is 151 Å². The maximum atomic E-state index is 12.3. The first kappa shape index (κ1) is 21.6. The van der Waals surface area contributed by atoms with Crippen LogP contribution >= 0.6 is 0 Å². The lowest BCUT2D eigenvalue weighted by Gasteiger charge is -2.21. The SMILES string of the molecule is CN=C(NCC(=O)N(C)CC(F)(F)F)NCC(C)Oc1ccccc1C. The Morgan fingerprint density at radius 1 is 1.31 bits per heavy atom. The minimum absolute atomic E-state index is 0.182. The van der Waals surface area contributed by atoms with E-state index in [9.17, 15) is 18.0 Å². The van der Waals surface area contributed by atoms with Gasteiger partial charge in [0.15, 0.2) is 5.96 Å². The third-order valence-corrected chi connectivity index (χ3v) is 3.45. The summed E-state index contributed by atoms with van der Waals surface area (Å²) in [6.07, 6.45) is -4.61. The van der Waals surface area contributed by atoms with Crippen molar-refractivity contribution in [3.05, 3.63) is 29.8 Å². The summed E-state index contributed by atoms with van der Waals surface area (Å²) in [6.45, 7) is 2.63. The number of benzene rings is 1. The Kier molecular flexibility index (Phi) is 8.21. The van der Waals surface area contributed by atoms with Gasteiger partial charge in [0.25, 0.3) is 0 Å². The lowest BCUT2D eigenvalue weighted by molar-refractivity contribution is -0.157. The summed E-state index contributed by atoms with van der Waals surface area (Å²) in [5, 5.41) is 5.66. The van der Waals surface area contributed by atoms with Crippen molar-refractivity contribution < 1.29 is 22.7 Å². The van der Waals surface area contributed by atoms with E-state index in [2.05, 4.69) is 15.6 Å². The van der Waals surface area contributed by atoms with Gasteiger partial charge in [-0.3, -0.25) is 9.79 Å². The van der Waals surface area contributed by atoms with Gasteiger partial charge in [0.05, 0.1) is 13.1 Å². The van der Waals surface area contributed by atoms with Crippen LogP contribution in [-0.4, -0.2) is 62.8 Å². The van der Waals surface area contributed by atoms with Crippen molar-refractivity contribution in [1.82, 2.24) is 15.5 Å². The second-order valence-electron chi connectivity index (χ2n) is 5.87. The first-order chi connectivity index (χ1) is 12.1.